The van der Waals surface area contributed by atoms with Gasteiger partial charge in [-0.1, -0.05) is 65.5 Å². The van der Waals surface area contributed by atoms with Crippen molar-refractivity contribution in [3.05, 3.63) is 34.9 Å². The molecule has 0 aliphatic rings. The zero-order valence-electron chi connectivity index (χ0n) is 12.9. The van der Waals surface area contributed by atoms with Gasteiger partial charge in [0, 0.05) is 16.8 Å². The fourth-order valence-corrected chi connectivity index (χ4v) is 4.50. The lowest BCUT2D eigenvalue weighted by Gasteiger charge is -2.09. The maximum absolute atomic E-state index is 11.7. The summed E-state index contributed by atoms with van der Waals surface area (Å²) in [4.78, 5) is 11.7. The summed E-state index contributed by atoms with van der Waals surface area (Å²) in [6, 6.07) is 7.99. The predicted octanol–water partition coefficient (Wildman–Crippen LogP) is 4.49. The molecule has 1 aromatic carbocycles. The number of benzene rings is 1. The van der Waals surface area contributed by atoms with Crippen LogP contribution in [0, 0.1) is 0 Å². The highest BCUT2D eigenvalue weighted by molar-refractivity contribution is 8.03. The molecule has 0 saturated carbocycles. The van der Waals surface area contributed by atoms with Crippen LogP contribution in [0.4, 0.5) is 0 Å². The first-order chi connectivity index (χ1) is 11.1. The summed E-state index contributed by atoms with van der Waals surface area (Å²) < 4.78 is 1.73. The van der Waals surface area contributed by atoms with Gasteiger partial charge in [-0.25, -0.2) is 0 Å². The molecule has 0 aliphatic heterocycles. The molecular weight excluding hydrogens is 370 g/mol. The molecule has 0 radical (unpaired) electrons. The van der Waals surface area contributed by atoms with Crippen LogP contribution in [0.3, 0.4) is 0 Å². The molecule has 1 aromatic heterocycles. The molecule has 124 valence electrons. The Hall–Kier alpha value is -0.760. The SMILES string of the molecule is CCC(C)NC(=O)CSc1nnc(SCc2ccc(Cl)cc2)s1. The van der Waals surface area contributed by atoms with Crippen LogP contribution in [0.2, 0.25) is 5.02 Å². The zero-order chi connectivity index (χ0) is 16.7. The molecule has 2 rings (SSSR count). The van der Waals surface area contributed by atoms with Gasteiger partial charge in [0.1, 0.15) is 0 Å². The van der Waals surface area contributed by atoms with Crippen LogP contribution in [0.15, 0.2) is 32.9 Å². The minimum Gasteiger partial charge on any atom is -0.353 e. The first-order valence-corrected chi connectivity index (χ1v) is 10.4. The van der Waals surface area contributed by atoms with E-state index in [4.69, 9.17) is 11.6 Å². The van der Waals surface area contributed by atoms with Crippen molar-refractivity contribution in [3.63, 3.8) is 0 Å². The van der Waals surface area contributed by atoms with Gasteiger partial charge in [-0.15, -0.1) is 10.2 Å². The summed E-state index contributed by atoms with van der Waals surface area (Å²) in [6.07, 6.45) is 0.931. The summed E-state index contributed by atoms with van der Waals surface area (Å²) in [7, 11) is 0. The molecule has 0 saturated heterocycles. The monoisotopic (exact) mass is 387 g/mol. The molecule has 0 bridgehead atoms. The van der Waals surface area contributed by atoms with Gasteiger partial charge < -0.3 is 5.32 Å². The number of rotatable bonds is 8. The molecule has 4 nitrogen and oxygen atoms in total. The van der Waals surface area contributed by atoms with Gasteiger partial charge in [0.25, 0.3) is 0 Å². The van der Waals surface area contributed by atoms with Gasteiger partial charge >= 0.3 is 0 Å². The Bertz CT molecular complexity index is 633. The normalized spacial score (nSPS) is 12.1. The molecule has 23 heavy (non-hydrogen) atoms. The number of carbonyl (C=O) groups is 1. The Morgan fingerprint density at radius 2 is 1.91 bits per heavy atom. The van der Waals surface area contributed by atoms with Crippen molar-refractivity contribution >= 4 is 52.4 Å². The van der Waals surface area contributed by atoms with Crippen LogP contribution < -0.4 is 5.32 Å². The third-order valence-corrected chi connectivity index (χ3v) is 6.52. The predicted molar refractivity (Wildman–Crippen MR) is 99.5 cm³/mol. The highest BCUT2D eigenvalue weighted by Crippen LogP contribution is 2.30. The molecule has 0 spiro atoms. The third-order valence-electron chi connectivity index (χ3n) is 3.01. The average molecular weight is 388 g/mol. The number of hydrogen-bond donors (Lipinski definition) is 1. The summed E-state index contributed by atoms with van der Waals surface area (Å²) in [5.41, 5.74) is 1.19. The zero-order valence-corrected chi connectivity index (χ0v) is 16.1. The summed E-state index contributed by atoms with van der Waals surface area (Å²) in [6.45, 7) is 4.05. The molecule has 8 heteroatoms. The number of amides is 1. The Morgan fingerprint density at radius 3 is 2.57 bits per heavy atom. The van der Waals surface area contributed by atoms with Gasteiger partial charge in [-0.2, -0.15) is 0 Å². The van der Waals surface area contributed by atoms with Crippen LogP contribution in [0.5, 0.6) is 0 Å². The first-order valence-electron chi connectivity index (χ1n) is 7.19. The van der Waals surface area contributed by atoms with Crippen molar-refractivity contribution in [1.29, 1.82) is 0 Å². The van der Waals surface area contributed by atoms with Crippen LogP contribution in [-0.4, -0.2) is 27.9 Å². The largest absolute Gasteiger partial charge is 0.353 e. The maximum atomic E-state index is 11.7. The standard InChI is InChI=1S/C15H18ClN3OS3/c1-3-10(2)17-13(20)9-22-15-19-18-14(23-15)21-8-11-4-6-12(16)7-5-11/h4-7,10H,3,8-9H2,1-2H3,(H,17,20). The van der Waals surface area contributed by atoms with Crippen LogP contribution in [0.1, 0.15) is 25.8 Å². The van der Waals surface area contributed by atoms with Crippen molar-refractivity contribution in [2.75, 3.05) is 5.75 Å². The summed E-state index contributed by atoms with van der Waals surface area (Å²) >= 11 is 10.5. The highest BCUT2D eigenvalue weighted by Gasteiger charge is 2.10. The molecule has 0 fully saturated rings. The number of carbonyl (C=O) groups excluding carboxylic acids is 1. The van der Waals surface area contributed by atoms with Crippen molar-refractivity contribution in [1.82, 2.24) is 15.5 Å². The van der Waals surface area contributed by atoms with Gasteiger partial charge in [-0.05, 0) is 31.0 Å². The van der Waals surface area contributed by atoms with E-state index in [2.05, 4.69) is 15.5 Å². The van der Waals surface area contributed by atoms with E-state index in [1.807, 2.05) is 38.1 Å². The topological polar surface area (TPSA) is 54.9 Å². The van der Waals surface area contributed by atoms with Crippen LogP contribution >= 0.6 is 46.5 Å². The van der Waals surface area contributed by atoms with E-state index in [0.29, 0.717) is 5.75 Å². The number of halogens is 1. The fourth-order valence-electron chi connectivity index (χ4n) is 1.59. The number of nitrogens with zero attached hydrogens (tertiary/aromatic N) is 2. The summed E-state index contributed by atoms with van der Waals surface area (Å²) in [5, 5.41) is 12.0. The number of nitrogens with one attached hydrogen (secondary N) is 1. The minimum absolute atomic E-state index is 0.0370. The quantitative estimate of drug-likeness (QED) is 0.676. The van der Waals surface area contributed by atoms with Crippen LogP contribution in [-0.2, 0) is 10.5 Å². The van der Waals surface area contributed by atoms with E-state index in [-0.39, 0.29) is 11.9 Å². The average Bonchev–Trinajstić information content (AvgIpc) is 3.00. The van der Waals surface area contributed by atoms with Crippen LogP contribution in [0.25, 0.3) is 0 Å². The van der Waals surface area contributed by atoms with Gasteiger partial charge in [0.2, 0.25) is 5.91 Å². The first kappa shape index (κ1) is 18.6. The van der Waals surface area contributed by atoms with Crippen molar-refractivity contribution in [2.24, 2.45) is 0 Å². The molecule has 2 aromatic rings. The smallest absolute Gasteiger partial charge is 0.230 e. The maximum Gasteiger partial charge on any atom is 0.230 e. The second-order valence-corrected chi connectivity index (χ2v) is 8.77. The van der Waals surface area contributed by atoms with E-state index in [1.54, 1.807) is 11.8 Å². The van der Waals surface area contributed by atoms with E-state index >= 15 is 0 Å². The second-order valence-electron chi connectivity index (χ2n) is 4.91. The Labute approximate surface area is 153 Å². The lowest BCUT2D eigenvalue weighted by molar-refractivity contribution is -0.119. The fraction of sp³-hybridized carbons (Fsp3) is 0.400. The van der Waals surface area contributed by atoms with Gasteiger partial charge in [-0.3, -0.25) is 4.79 Å². The molecule has 1 N–H and O–H groups in total. The van der Waals surface area contributed by atoms with Crippen molar-refractivity contribution in [2.45, 2.75) is 40.7 Å². The number of thioether (sulfide) groups is 2. The Balaban J connectivity index is 1.77. The molecule has 1 heterocycles. The lowest BCUT2D eigenvalue weighted by Crippen LogP contribution is -2.33. The number of aromatic nitrogens is 2. The third kappa shape index (κ3) is 6.71. The van der Waals surface area contributed by atoms with Gasteiger partial charge in [0.05, 0.1) is 5.75 Å². The Kier molecular flexibility index (Phi) is 7.69. The van der Waals surface area contributed by atoms with E-state index in [1.165, 1.54) is 28.7 Å². The highest BCUT2D eigenvalue weighted by atomic mass is 35.5. The second kappa shape index (κ2) is 9.52. The van der Waals surface area contributed by atoms with E-state index in [0.717, 1.165) is 25.9 Å². The van der Waals surface area contributed by atoms with E-state index in [9.17, 15) is 4.79 Å². The molecule has 1 atom stereocenters. The molecular formula is C15H18ClN3OS3. The summed E-state index contributed by atoms with van der Waals surface area (Å²) in [5.74, 6) is 1.24. The minimum atomic E-state index is 0.0370. The van der Waals surface area contributed by atoms with Gasteiger partial charge in [0.15, 0.2) is 8.68 Å². The molecule has 0 aliphatic carbocycles. The number of hydrogen-bond acceptors (Lipinski definition) is 6. The van der Waals surface area contributed by atoms with E-state index < -0.39 is 0 Å². The Morgan fingerprint density at radius 1 is 1.26 bits per heavy atom. The molecule has 1 unspecified atom stereocenters. The molecule has 1 amide bonds. The lowest BCUT2D eigenvalue weighted by atomic mass is 10.2. The van der Waals surface area contributed by atoms with Crippen molar-refractivity contribution in [3.8, 4) is 0 Å². The van der Waals surface area contributed by atoms with Crippen molar-refractivity contribution < 1.29 is 4.79 Å².